The molecule has 0 rings (SSSR count). The van der Waals surface area contributed by atoms with Crippen molar-refractivity contribution in [1.82, 2.24) is 15.1 Å². The van der Waals surface area contributed by atoms with Gasteiger partial charge in [-0.2, -0.15) is 0 Å². The zero-order chi connectivity index (χ0) is 40.5. The van der Waals surface area contributed by atoms with Crippen molar-refractivity contribution in [3.63, 3.8) is 0 Å². The Hall–Kier alpha value is -1.62. The molecule has 0 aliphatic carbocycles. The molecule has 0 spiro atoms. The quantitative estimate of drug-likeness (QED) is 0.0497. The third-order valence-corrected chi connectivity index (χ3v) is 11.5. The molecule has 2 amide bonds. The summed E-state index contributed by atoms with van der Waals surface area (Å²) in [5, 5.41) is 3.33. The van der Waals surface area contributed by atoms with Crippen molar-refractivity contribution in [3.05, 3.63) is 24.3 Å². The van der Waals surface area contributed by atoms with Crippen molar-refractivity contribution in [2.45, 2.75) is 246 Å². The fourth-order valence-corrected chi connectivity index (χ4v) is 7.86. The average Bonchev–Trinajstić information content (AvgIpc) is 3.17. The van der Waals surface area contributed by atoms with Crippen LogP contribution in [-0.2, 0) is 9.59 Å². The third kappa shape index (κ3) is 34.2. The van der Waals surface area contributed by atoms with Crippen LogP contribution in [0.2, 0.25) is 0 Å². The molecule has 0 bridgehead atoms. The first-order valence-corrected chi connectivity index (χ1v) is 24.4. The number of carbonyl (C=O) groups excluding carboxylic acids is 2. The SMILES string of the molecule is CCCCC/C=C\CC=CCCCCCCCC(=O)N(CCCN(C)C)C(C(=O)NCCCCCCCCCCCCCCCCCC)C(CC)CCCC. The van der Waals surface area contributed by atoms with E-state index in [2.05, 4.69) is 76.3 Å². The number of hydrogen-bond acceptors (Lipinski definition) is 3. The van der Waals surface area contributed by atoms with Gasteiger partial charge in [-0.25, -0.2) is 0 Å². The van der Waals surface area contributed by atoms with Gasteiger partial charge in [-0.15, -0.1) is 0 Å². The zero-order valence-corrected chi connectivity index (χ0v) is 38.1. The van der Waals surface area contributed by atoms with E-state index in [9.17, 15) is 9.59 Å². The maximum Gasteiger partial charge on any atom is 0.243 e. The first-order valence-electron chi connectivity index (χ1n) is 24.4. The lowest BCUT2D eigenvalue weighted by Crippen LogP contribution is -2.54. The van der Waals surface area contributed by atoms with Crippen molar-refractivity contribution in [1.29, 1.82) is 0 Å². The normalized spacial score (nSPS) is 13.0. The summed E-state index contributed by atoms with van der Waals surface area (Å²) in [7, 11) is 4.18. The zero-order valence-electron chi connectivity index (χ0n) is 38.1. The van der Waals surface area contributed by atoms with Gasteiger partial charge < -0.3 is 15.1 Å². The Morgan fingerprint density at radius 3 is 1.47 bits per heavy atom. The molecule has 0 fully saturated rings. The first-order chi connectivity index (χ1) is 26.9. The highest BCUT2D eigenvalue weighted by atomic mass is 16.2. The molecule has 0 aromatic carbocycles. The summed E-state index contributed by atoms with van der Waals surface area (Å²) in [6, 6.07) is -0.356. The van der Waals surface area contributed by atoms with E-state index >= 15 is 0 Å². The van der Waals surface area contributed by atoms with Gasteiger partial charge in [0.1, 0.15) is 6.04 Å². The molecule has 5 nitrogen and oxygen atoms in total. The predicted molar refractivity (Wildman–Crippen MR) is 244 cm³/mol. The molecule has 0 aliphatic heterocycles. The van der Waals surface area contributed by atoms with Gasteiger partial charge in [-0.1, -0.05) is 200 Å². The number of hydrogen-bond donors (Lipinski definition) is 1. The van der Waals surface area contributed by atoms with Crippen LogP contribution in [0.25, 0.3) is 0 Å². The first kappa shape index (κ1) is 53.4. The largest absolute Gasteiger partial charge is 0.354 e. The van der Waals surface area contributed by atoms with Crippen molar-refractivity contribution < 1.29 is 9.59 Å². The summed E-state index contributed by atoms with van der Waals surface area (Å²) in [5.41, 5.74) is 0. The topological polar surface area (TPSA) is 52.7 Å². The summed E-state index contributed by atoms with van der Waals surface area (Å²) in [4.78, 5) is 32.1. The molecule has 0 saturated heterocycles. The fraction of sp³-hybridized carbons (Fsp3) is 0.880. The highest BCUT2D eigenvalue weighted by Gasteiger charge is 2.34. The second kappa shape index (κ2) is 42.0. The van der Waals surface area contributed by atoms with E-state index in [1.165, 1.54) is 141 Å². The van der Waals surface area contributed by atoms with Crippen LogP contribution in [0.4, 0.5) is 0 Å². The Kier molecular flexibility index (Phi) is 40.8. The van der Waals surface area contributed by atoms with Crippen molar-refractivity contribution in [3.8, 4) is 0 Å². The third-order valence-electron chi connectivity index (χ3n) is 11.5. The van der Waals surface area contributed by atoms with Gasteiger partial charge in [0.15, 0.2) is 0 Å². The van der Waals surface area contributed by atoms with Gasteiger partial charge in [-0.3, -0.25) is 9.59 Å². The second-order valence-electron chi connectivity index (χ2n) is 17.1. The molecule has 0 aromatic heterocycles. The van der Waals surface area contributed by atoms with E-state index in [4.69, 9.17) is 0 Å². The Morgan fingerprint density at radius 1 is 0.509 bits per heavy atom. The van der Waals surface area contributed by atoms with Crippen LogP contribution in [0.3, 0.4) is 0 Å². The molecule has 2 unspecified atom stereocenters. The lowest BCUT2D eigenvalue weighted by Gasteiger charge is -2.36. The van der Waals surface area contributed by atoms with Gasteiger partial charge >= 0.3 is 0 Å². The summed E-state index contributed by atoms with van der Waals surface area (Å²) < 4.78 is 0. The molecule has 0 heterocycles. The Labute approximate surface area is 345 Å². The number of nitrogens with one attached hydrogen (secondary N) is 1. The number of carbonyl (C=O) groups is 2. The van der Waals surface area contributed by atoms with Crippen LogP contribution < -0.4 is 5.32 Å². The smallest absolute Gasteiger partial charge is 0.243 e. The fourth-order valence-electron chi connectivity index (χ4n) is 7.86. The lowest BCUT2D eigenvalue weighted by atomic mass is 9.89. The minimum absolute atomic E-state index is 0.0853. The molecular formula is C50H97N3O2. The van der Waals surface area contributed by atoms with E-state index in [-0.39, 0.29) is 23.8 Å². The van der Waals surface area contributed by atoms with E-state index in [1.54, 1.807) is 0 Å². The van der Waals surface area contributed by atoms with E-state index in [0.29, 0.717) is 13.0 Å². The number of rotatable bonds is 42. The van der Waals surface area contributed by atoms with Gasteiger partial charge in [0.25, 0.3) is 0 Å². The number of amides is 2. The standard InChI is InChI=1S/C50H97N3O2/c1-7-11-14-16-18-20-22-24-26-28-30-32-34-36-38-40-44-51-50(55)49(47(10-4)42-13-9-3)53(46-41-45-52(5)6)48(54)43-39-37-35-33-31-29-27-25-23-21-19-17-15-12-8-2/h19,21,25,27,47,49H,7-18,20,22-24,26,28-46H2,1-6H3,(H,51,55)/b21-19-,27-25?. The summed E-state index contributed by atoms with van der Waals surface area (Å²) in [6.07, 6.45) is 49.4. The van der Waals surface area contributed by atoms with Gasteiger partial charge in [0.2, 0.25) is 11.8 Å². The molecular weight excluding hydrogens is 675 g/mol. The highest BCUT2D eigenvalue weighted by Crippen LogP contribution is 2.24. The minimum Gasteiger partial charge on any atom is -0.354 e. The Bertz CT molecular complexity index is 884. The molecule has 1 N–H and O–H groups in total. The maximum atomic E-state index is 14.0. The lowest BCUT2D eigenvalue weighted by molar-refractivity contribution is -0.143. The van der Waals surface area contributed by atoms with E-state index in [0.717, 1.165) is 77.3 Å². The van der Waals surface area contributed by atoms with Crippen LogP contribution in [0.15, 0.2) is 24.3 Å². The molecule has 324 valence electrons. The van der Waals surface area contributed by atoms with E-state index < -0.39 is 0 Å². The van der Waals surface area contributed by atoms with Crippen LogP contribution in [0.5, 0.6) is 0 Å². The van der Waals surface area contributed by atoms with Gasteiger partial charge in [-0.05, 0) is 84.3 Å². The molecule has 55 heavy (non-hydrogen) atoms. The van der Waals surface area contributed by atoms with Crippen molar-refractivity contribution >= 4 is 11.8 Å². The average molecular weight is 772 g/mol. The number of allylic oxidation sites excluding steroid dienone is 4. The Morgan fingerprint density at radius 2 is 0.964 bits per heavy atom. The van der Waals surface area contributed by atoms with Crippen LogP contribution in [0.1, 0.15) is 240 Å². The molecule has 0 aromatic rings. The summed E-state index contributed by atoms with van der Waals surface area (Å²) >= 11 is 0. The van der Waals surface area contributed by atoms with Crippen LogP contribution in [0, 0.1) is 5.92 Å². The molecule has 0 aliphatic rings. The van der Waals surface area contributed by atoms with Crippen molar-refractivity contribution in [2.24, 2.45) is 5.92 Å². The molecule has 0 radical (unpaired) electrons. The second-order valence-corrected chi connectivity index (χ2v) is 17.1. The molecule has 5 heteroatoms. The summed E-state index contributed by atoms with van der Waals surface area (Å²) in [5.74, 6) is 0.475. The van der Waals surface area contributed by atoms with Crippen LogP contribution >= 0.6 is 0 Å². The van der Waals surface area contributed by atoms with Gasteiger partial charge in [0, 0.05) is 19.5 Å². The van der Waals surface area contributed by atoms with Gasteiger partial charge in [0.05, 0.1) is 0 Å². The number of unbranched alkanes of at least 4 members (excludes halogenated alkanes) is 24. The molecule has 0 saturated carbocycles. The minimum atomic E-state index is -0.356. The number of nitrogens with zero attached hydrogens (tertiary/aromatic N) is 2. The predicted octanol–water partition coefficient (Wildman–Crippen LogP) is 14.5. The monoisotopic (exact) mass is 772 g/mol. The van der Waals surface area contributed by atoms with E-state index in [1.807, 2.05) is 4.90 Å². The van der Waals surface area contributed by atoms with Crippen LogP contribution in [-0.4, -0.2) is 61.4 Å². The molecule has 2 atom stereocenters. The summed E-state index contributed by atoms with van der Waals surface area (Å²) in [6.45, 7) is 11.3. The highest BCUT2D eigenvalue weighted by molar-refractivity contribution is 5.88. The maximum absolute atomic E-state index is 14.0. The van der Waals surface area contributed by atoms with Crippen molar-refractivity contribution in [2.75, 3.05) is 33.7 Å². The Balaban J connectivity index is 4.73.